The van der Waals surface area contributed by atoms with Crippen LogP contribution in [0.5, 0.6) is 0 Å². The first kappa shape index (κ1) is 14.3. The van der Waals surface area contributed by atoms with Crippen LogP contribution in [0.3, 0.4) is 0 Å². The third kappa shape index (κ3) is 3.91. The Balaban J connectivity index is 2.09. The van der Waals surface area contributed by atoms with Crippen molar-refractivity contribution < 1.29 is 0 Å². The van der Waals surface area contributed by atoms with Crippen LogP contribution < -0.4 is 5.32 Å². The lowest BCUT2D eigenvalue weighted by molar-refractivity contribution is 0.552. The van der Waals surface area contributed by atoms with Crippen molar-refractivity contribution in [1.82, 2.24) is 15.1 Å². The van der Waals surface area contributed by atoms with Crippen LogP contribution in [0.2, 0.25) is 0 Å². The van der Waals surface area contributed by atoms with E-state index in [9.17, 15) is 0 Å². The Hall–Kier alpha value is -1.13. The van der Waals surface area contributed by atoms with Crippen molar-refractivity contribution in [2.24, 2.45) is 5.92 Å². The maximum atomic E-state index is 4.32. The quantitative estimate of drug-likeness (QED) is 0.910. The number of rotatable bonds is 5. The topological polar surface area (TPSA) is 29.9 Å². The molecule has 0 aliphatic heterocycles. The molecule has 0 radical (unpaired) electrons. The predicted octanol–water partition coefficient (Wildman–Crippen LogP) is 3.69. The summed E-state index contributed by atoms with van der Waals surface area (Å²) in [7, 11) is 0. The summed E-state index contributed by atoms with van der Waals surface area (Å²) in [6, 6.07) is 6.35. The Morgan fingerprint density at radius 3 is 2.74 bits per heavy atom. The summed E-state index contributed by atoms with van der Waals surface area (Å²) in [5.41, 5.74) is 3.51. The lowest BCUT2D eigenvalue weighted by Crippen LogP contribution is -2.19. The van der Waals surface area contributed by atoms with E-state index >= 15 is 0 Å². The molecule has 2 rings (SSSR count). The normalized spacial score (nSPS) is 11.2. The summed E-state index contributed by atoms with van der Waals surface area (Å²) in [6.07, 6.45) is 3.89. The van der Waals surface area contributed by atoms with Gasteiger partial charge in [-0.1, -0.05) is 35.8 Å². The van der Waals surface area contributed by atoms with Gasteiger partial charge in [-0.15, -0.1) is 0 Å². The molecule has 3 nitrogen and oxygen atoms in total. The van der Waals surface area contributed by atoms with E-state index in [1.807, 2.05) is 24.0 Å². The summed E-state index contributed by atoms with van der Waals surface area (Å²) in [5, 5.41) is 7.78. The van der Waals surface area contributed by atoms with E-state index in [-0.39, 0.29) is 0 Å². The molecule has 0 spiro atoms. The minimum Gasteiger partial charge on any atom is -0.312 e. The summed E-state index contributed by atoms with van der Waals surface area (Å²) < 4.78 is 3.01. The number of nitrogens with zero attached hydrogens (tertiary/aromatic N) is 2. The zero-order valence-electron chi connectivity index (χ0n) is 11.7. The van der Waals surface area contributed by atoms with Gasteiger partial charge in [0.05, 0.1) is 11.9 Å². The van der Waals surface area contributed by atoms with Crippen molar-refractivity contribution in [3.63, 3.8) is 0 Å². The molecule has 0 saturated carbocycles. The van der Waals surface area contributed by atoms with Gasteiger partial charge in [-0.3, -0.25) is 0 Å². The maximum Gasteiger partial charge on any atom is 0.0657 e. The molecule has 0 atom stereocenters. The molecule has 1 N–H and O–H groups in total. The van der Waals surface area contributed by atoms with E-state index in [1.165, 1.54) is 11.1 Å². The Kier molecular flexibility index (Phi) is 4.77. The molecule has 102 valence electrons. The van der Waals surface area contributed by atoms with Gasteiger partial charge in [-0.2, -0.15) is 5.10 Å². The third-order valence-corrected chi connectivity index (χ3v) is 3.62. The number of aromatic nitrogens is 2. The van der Waals surface area contributed by atoms with Gasteiger partial charge in [0.25, 0.3) is 0 Å². The lowest BCUT2D eigenvalue weighted by atomic mass is 10.2. The van der Waals surface area contributed by atoms with Gasteiger partial charge in [0.2, 0.25) is 0 Å². The maximum absolute atomic E-state index is 4.32. The van der Waals surface area contributed by atoms with Crippen LogP contribution in [0.1, 0.15) is 25.0 Å². The first-order chi connectivity index (χ1) is 9.06. The summed E-state index contributed by atoms with van der Waals surface area (Å²) in [4.78, 5) is 0. The van der Waals surface area contributed by atoms with Crippen LogP contribution in [0.4, 0.5) is 0 Å². The number of nitrogens with one attached hydrogen (secondary N) is 1. The predicted molar refractivity (Wildman–Crippen MR) is 82.5 cm³/mol. The van der Waals surface area contributed by atoms with Gasteiger partial charge in [-0.25, -0.2) is 4.68 Å². The lowest BCUT2D eigenvalue weighted by Gasteiger charge is -2.10. The van der Waals surface area contributed by atoms with E-state index < -0.39 is 0 Å². The minimum atomic E-state index is 0.671. The van der Waals surface area contributed by atoms with Crippen molar-refractivity contribution in [3.8, 4) is 5.69 Å². The molecule has 1 heterocycles. The van der Waals surface area contributed by atoms with E-state index in [1.54, 1.807) is 0 Å². The second-order valence-corrected chi connectivity index (χ2v) is 6.12. The van der Waals surface area contributed by atoms with Gasteiger partial charge >= 0.3 is 0 Å². The molecule has 0 aliphatic carbocycles. The number of hydrogen-bond donors (Lipinski definition) is 1. The molecule has 0 aliphatic rings. The Morgan fingerprint density at radius 1 is 1.37 bits per heavy atom. The summed E-state index contributed by atoms with van der Waals surface area (Å²) in [6.45, 7) is 8.39. The molecule has 1 aromatic heterocycles. The second-order valence-electron chi connectivity index (χ2n) is 5.26. The van der Waals surface area contributed by atoms with Gasteiger partial charge in [0.1, 0.15) is 0 Å². The van der Waals surface area contributed by atoms with Gasteiger partial charge in [0.15, 0.2) is 0 Å². The van der Waals surface area contributed by atoms with Crippen molar-refractivity contribution >= 4 is 15.9 Å². The summed E-state index contributed by atoms with van der Waals surface area (Å²) in [5.74, 6) is 0.671. The molecule has 0 saturated heterocycles. The number of halogens is 1. The molecule has 0 unspecified atom stereocenters. The van der Waals surface area contributed by atoms with Gasteiger partial charge < -0.3 is 5.32 Å². The molecule has 2 aromatic rings. The van der Waals surface area contributed by atoms with Gasteiger partial charge in [-0.05, 0) is 42.6 Å². The number of hydrogen-bond acceptors (Lipinski definition) is 2. The summed E-state index contributed by atoms with van der Waals surface area (Å²) >= 11 is 3.64. The smallest absolute Gasteiger partial charge is 0.0657 e. The molecule has 0 fully saturated rings. The van der Waals surface area contributed by atoms with Crippen LogP contribution in [0, 0.1) is 12.8 Å². The largest absolute Gasteiger partial charge is 0.312 e. The molecule has 1 aromatic carbocycles. The van der Waals surface area contributed by atoms with Crippen LogP contribution in [-0.2, 0) is 6.54 Å². The highest BCUT2D eigenvalue weighted by Gasteiger charge is 2.04. The van der Waals surface area contributed by atoms with Crippen molar-refractivity contribution in [2.45, 2.75) is 27.3 Å². The zero-order valence-corrected chi connectivity index (χ0v) is 13.2. The van der Waals surface area contributed by atoms with E-state index in [2.05, 4.69) is 58.4 Å². The van der Waals surface area contributed by atoms with Crippen molar-refractivity contribution in [1.29, 1.82) is 0 Å². The van der Waals surface area contributed by atoms with Crippen LogP contribution in [0.15, 0.2) is 35.1 Å². The second kappa shape index (κ2) is 6.35. The zero-order chi connectivity index (χ0) is 13.8. The Morgan fingerprint density at radius 2 is 2.16 bits per heavy atom. The number of aryl methyl sites for hydroxylation is 1. The van der Waals surface area contributed by atoms with E-state index in [0.29, 0.717) is 5.92 Å². The highest BCUT2D eigenvalue weighted by Crippen LogP contribution is 2.21. The average molecular weight is 322 g/mol. The highest BCUT2D eigenvalue weighted by molar-refractivity contribution is 9.10. The van der Waals surface area contributed by atoms with Crippen LogP contribution in [0.25, 0.3) is 5.69 Å². The minimum absolute atomic E-state index is 0.671. The molecular weight excluding hydrogens is 302 g/mol. The fourth-order valence-corrected chi connectivity index (χ4v) is 2.38. The first-order valence-corrected chi connectivity index (χ1v) is 7.36. The first-order valence-electron chi connectivity index (χ1n) is 6.57. The SMILES string of the molecule is Cc1cnn(-c2ccc(CNCC(C)C)c(Br)c2)c1. The Labute approximate surface area is 123 Å². The van der Waals surface area contributed by atoms with Crippen molar-refractivity contribution in [3.05, 3.63) is 46.2 Å². The molecule has 0 amide bonds. The average Bonchev–Trinajstić information content (AvgIpc) is 2.77. The fraction of sp³-hybridized carbons (Fsp3) is 0.400. The molecular formula is C15H20BrN3. The molecule has 19 heavy (non-hydrogen) atoms. The van der Waals surface area contributed by atoms with Gasteiger partial charge in [0, 0.05) is 17.2 Å². The number of benzene rings is 1. The van der Waals surface area contributed by atoms with E-state index in [0.717, 1.165) is 23.2 Å². The molecule has 0 bridgehead atoms. The Bertz CT molecular complexity index is 546. The van der Waals surface area contributed by atoms with E-state index in [4.69, 9.17) is 0 Å². The van der Waals surface area contributed by atoms with Crippen LogP contribution in [-0.4, -0.2) is 16.3 Å². The van der Waals surface area contributed by atoms with Crippen LogP contribution >= 0.6 is 15.9 Å². The molecule has 4 heteroatoms. The third-order valence-electron chi connectivity index (χ3n) is 2.88. The fourth-order valence-electron chi connectivity index (χ4n) is 1.87. The monoisotopic (exact) mass is 321 g/mol. The standard InChI is InChI=1S/C15H20BrN3/c1-11(2)7-17-9-13-4-5-14(6-15(13)16)19-10-12(3)8-18-19/h4-6,8,10-11,17H,7,9H2,1-3H3. The van der Waals surface area contributed by atoms with Crippen molar-refractivity contribution in [2.75, 3.05) is 6.54 Å². The highest BCUT2D eigenvalue weighted by atomic mass is 79.9.